The molecule has 16 heavy (non-hydrogen) atoms. The van der Waals surface area contributed by atoms with Crippen molar-refractivity contribution in [3.63, 3.8) is 0 Å². The lowest BCUT2D eigenvalue weighted by atomic mass is 10.3. The molecule has 0 aliphatic rings. The van der Waals surface area contributed by atoms with Gasteiger partial charge in [0.25, 0.3) is 0 Å². The molecule has 0 saturated heterocycles. The maximum absolute atomic E-state index is 10.8. The van der Waals surface area contributed by atoms with Crippen LogP contribution < -0.4 is 0 Å². The summed E-state index contributed by atoms with van der Waals surface area (Å²) in [5.41, 5.74) is 2.49. The number of nitrogens with zero attached hydrogens (tertiary/aromatic N) is 3. The van der Waals surface area contributed by atoms with Crippen LogP contribution >= 0.6 is 0 Å². The summed E-state index contributed by atoms with van der Waals surface area (Å²) in [6.45, 7) is 0.959. The van der Waals surface area contributed by atoms with E-state index in [2.05, 4.69) is 9.88 Å². The number of imidazole rings is 1. The Morgan fingerprint density at radius 2 is 2.25 bits per heavy atom. The van der Waals surface area contributed by atoms with Crippen molar-refractivity contribution < 1.29 is 4.79 Å². The third-order valence-electron chi connectivity index (χ3n) is 2.51. The van der Waals surface area contributed by atoms with Gasteiger partial charge in [0.1, 0.15) is 5.65 Å². The van der Waals surface area contributed by atoms with Crippen LogP contribution in [-0.4, -0.2) is 41.2 Å². The van der Waals surface area contributed by atoms with Crippen LogP contribution in [0.15, 0.2) is 24.4 Å². The summed E-state index contributed by atoms with van der Waals surface area (Å²) >= 11 is 0. The Balaban J connectivity index is 2.32. The molecule has 0 atom stereocenters. The van der Waals surface area contributed by atoms with Crippen LogP contribution in [-0.2, 0) is 6.42 Å². The predicted octanol–water partition coefficient (Wildman–Crippen LogP) is 1.25. The Bertz CT molecular complexity index is 502. The summed E-state index contributed by atoms with van der Waals surface area (Å²) in [6, 6.07) is 5.55. The van der Waals surface area contributed by atoms with Gasteiger partial charge in [-0.2, -0.15) is 0 Å². The Kier molecular flexibility index (Phi) is 3.01. The highest BCUT2D eigenvalue weighted by molar-refractivity contribution is 5.73. The average Bonchev–Trinajstić information content (AvgIpc) is 2.68. The van der Waals surface area contributed by atoms with E-state index in [4.69, 9.17) is 0 Å². The zero-order valence-corrected chi connectivity index (χ0v) is 9.55. The highest BCUT2D eigenvalue weighted by Gasteiger charge is 2.04. The molecule has 4 heteroatoms. The minimum Gasteiger partial charge on any atom is -0.309 e. The molecule has 2 heterocycles. The number of fused-ring (bicyclic) bond motifs is 1. The number of hydrogen-bond donors (Lipinski definition) is 0. The first-order valence-corrected chi connectivity index (χ1v) is 5.27. The van der Waals surface area contributed by atoms with Crippen molar-refractivity contribution in [2.24, 2.45) is 0 Å². The van der Waals surface area contributed by atoms with E-state index in [0.29, 0.717) is 5.69 Å². The van der Waals surface area contributed by atoms with Crippen molar-refractivity contribution in [3.05, 3.63) is 35.8 Å². The summed E-state index contributed by atoms with van der Waals surface area (Å²) in [5, 5.41) is 0. The molecular weight excluding hydrogens is 202 g/mol. The summed E-state index contributed by atoms with van der Waals surface area (Å²) in [7, 11) is 4.07. The monoisotopic (exact) mass is 217 g/mol. The minimum atomic E-state index is 0.640. The number of aldehydes is 1. The Hall–Kier alpha value is -1.68. The molecule has 0 fully saturated rings. The van der Waals surface area contributed by atoms with E-state index in [0.717, 1.165) is 30.6 Å². The lowest BCUT2D eigenvalue weighted by Crippen LogP contribution is -2.15. The van der Waals surface area contributed by atoms with Gasteiger partial charge in [-0.1, -0.05) is 6.07 Å². The molecule has 0 radical (unpaired) electrons. The molecule has 4 nitrogen and oxygen atoms in total. The molecule has 0 spiro atoms. The molecule has 2 aromatic rings. The van der Waals surface area contributed by atoms with Gasteiger partial charge in [-0.15, -0.1) is 0 Å². The Morgan fingerprint density at radius 3 is 2.94 bits per heavy atom. The van der Waals surface area contributed by atoms with Crippen molar-refractivity contribution in [1.29, 1.82) is 0 Å². The fourth-order valence-corrected chi connectivity index (χ4v) is 1.64. The number of aromatic nitrogens is 2. The minimum absolute atomic E-state index is 0.640. The number of carbonyl (C=O) groups excluding carboxylic acids is 1. The van der Waals surface area contributed by atoms with E-state index < -0.39 is 0 Å². The maximum Gasteiger partial charge on any atom is 0.166 e. The van der Waals surface area contributed by atoms with Gasteiger partial charge in [0.05, 0.1) is 11.4 Å². The van der Waals surface area contributed by atoms with Crippen LogP contribution in [0.5, 0.6) is 0 Å². The number of rotatable bonds is 4. The van der Waals surface area contributed by atoms with Crippen LogP contribution in [0.3, 0.4) is 0 Å². The average molecular weight is 217 g/mol. The summed E-state index contributed by atoms with van der Waals surface area (Å²) < 4.78 is 1.83. The SMILES string of the molecule is CN(C)CCc1cn2c(C=O)cccc2n1. The van der Waals surface area contributed by atoms with Gasteiger partial charge in [0, 0.05) is 19.2 Å². The largest absolute Gasteiger partial charge is 0.309 e. The van der Waals surface area contributed by atoms with Gasteiger partial charge in [0.2, 0.25) is 0 Å². The molecule has 0 saturated carbocycles. The lowest BCUT2D eigenvalue weighted by Gasteiger charge is -2.06. The molecule has 2 aromatic heterocycles. The smallest absolute Gasteiger partial charge is 0.166 e. The van der Waals surface area contributed by atoms with Gasteiger partial charge < -0.3 is 4.90 Å². The summed E-state index contributed by atoms with van der Waals surface area (Å²) in [5.74, 6) is 0. The van der Waals surface area contributed by atoms with E-state index >= 15 is 0 Å². The van der Waals surface area contributed by atoms with Crippen LogP contribution in [0.2, 0.25) is 0 Å². The van der Waals surface area contributed by atoms with E-state index in [9.17, 15) is 4.79 Å². The van der Waals surface area contributed by atoms with Crippen LogP contribution in [0.25, 0.3) is 5.65 Å². The van der Waals surface area contributed by atoms with Crippen LogP contribution in [0, 0.1) is 0 Å². The molecule has 0 unspecified atom stereocenters. The van der Waals surface area contributed by atoms with Gasteiger partial charge >= 0.3 is 0 Å². The van der Waals surface area contributed by atoms with Crippen molar-refractivity contribution in [3.8, 4) is 0 Å². The number of carbonyl (C=O) groups is 1. The van der Waals surface area contributed by atoms with Crippen molar-refractivity contribution in [2.75, 3.05) is 20.6 Å². The fraction of sp³-hybridized carbons (Fsp3) is 0.333. The van der Waals surface area contributed by atoms with Gasteiger partial charge in [-0.3, -0.25) is 9.20 Å². The number of pyridine rings is 1. The number of hydrogen-bond acceptors (Lipinski definition) is 3. The molecule has 0 amide bonds. The molecule has 84 valence electrons. The van der Waals surface area contributed by atoms with Crippen molar-refractivity contribution in [2.45, 2.75) is 6.42 Å². The van der Waals surface area contributed by atoms with Crippen molar-refractivity contribution in [1.82, 2.24) is 14.3 Å². The van der Waals surface area contributed by atoms with E-state index in [-0.39, 0.29) is 0 Å². The molecule has 0 aromatic carbocycles. The Labute approximate surface area is 94.5 Å². The Morgan fingerprint density at radius 1 is 1.44 bits per heavy atom. The second-order valence-corrected chi connectivity index (χ2v) is 4.08. The molecule has 0 bridgehead atoms. The van der Waals surface area contributed by atoms with E-state index in [1.54, 1.807) is 6.07 Å². The molecule has 0 aliphatic heterocycles. The van der Waals surface area contributed by atoms with Crippen LogP contribution in [0.4, 0.5) is 0 Å². The van der Waals surface area contributed by atoms with Crippen molar-refractivity contribution >= 4 is 11.9 Å². The van der Waals surface area contributed by atoms with E-state index in [1.807, 2.05) is 36.8 Å². The fourth-order valence-electron chi connectivity index (χ4n) is 1.64. The second-order valence-electron chi connectivity index (χ2n) is 4.08. The highest BCUT2D eigenvalue weighted by Crippen LogP contribution is 2.08. The third-order valence-corrected chi connectivity index (χ3v) is 2.51. The van der Waals surface area contributed by atoms with Crippen LogP contribution in [0.1, 0.15) is 16.2 Å². The molecule has 2 rings (SSSR count). The predicted molar refractivity (Wildman–Crippen MR) is 62.8 cm³/mol. The third kappa shape index (κ3) is 2.12. The zero-order valence-electron chi connectivity index (χ0n) is 9.55. The first-order chi connectivity index (χ1) is 7.70. The first kappa shape index (κ1) is 10.8. The van der Waals surface area contributed by atoms with Gasteiger partial charge in [0.15, 0.2) is 6.29 Å². The first-order valence-electron chi connectivity index (χ1n) is 5.27. The summed E-state index contributed by atoms with van der Waals surface area (Å²) in [4.78, 5) is 17.4. The maximum atomic E-state index is 10.8. The second kappa shape index (κ2) is 4.45. The standard InChI is InChI=1S/C12H15N3O/c1-14(2)7-6-10-8-15-11(9-16)4-3-5-12(15)13-10/h3-5,8-9H,6-7H2,1-2H3. The zero-order chi connectivity index (χ0) is 11.5. The quantitative estimate of drug-likeness (QED) is 0.723. The molecule has 0 aliphatic carbocycles. The molecular formula is C12H15N3O. The highest BCUT2D eigenvalue weighted by atomic mass is 16.1. The summed E-state index contributed by atoms with van der Waals surface area (Å²) in [6.07, 6.45) is 3.68. The van der Waals surface area contributed by atoms with Gasteiger partial charge in [-0.25, -0.2) is 4.98 Å². The van der Waals surface area contributed by atoms with E-state index in [1.165, 1.54) is 0 Å². The normalized spacial score (nSPS) is 11.2. The van der Waals surface area contributed by atoms with Gasteiger partial charge in [-0.05, 0) is 26.2 Å². The number of likely N-dealkylation sites (N-methyl/N-ethyl adjacent to an activating group) is 1. The lowest BCUT2D eigenvalue weighted by molar-refractivity contribution is 0.111. The molecule has 0 N–H and O–H groups in total. The topological polar surface area (TPSA) is 37.6 Å².